The van der Waals surface area contributed by atoms with Gasteiger partial charge < -0.3 is 20.5 Å². The van der Waals surface area contributed by atoms with Gasteiger partial charge in [-0.25, -0.2) is 0 Å². The second-order valence-corrected chi connectivity index (χ2v) is 5.59. The molecule has 5 nitrogen and oxygen atoms in total. The normalized spacial score (nSPS) is 18.0. The van der Waals surface area contributed by atoms with Crippen LogP contribution in [0.5, 0.6) is 11.5 Å². The lowest BCUT2D eigenvalue weighted by Crippen LogP contribution is -2.30. The molecule has 0 fully saturated rings. The van der Waals surface area contributed by atoms with Gasteiger partial charge in [0, 0.05) is 36.6 Å². The first-order chi connectivity index (χ1) is 9.99. The summed E-state index contributed by atoms with van der Waals surface area (Å²) in [5, 5.41) is 3.30. The number of carbonyl (C=O) groups is 1. The van der Waals surface area contributed by atoms with Crippen molar-refractivity contribution in [1.29, 1.82) is 0 Å². The summed E-state index contributed by atoms with van der Waals surface area (Å²) in [6, 6.07) is 4.14. The number of benzene rings is 1. The molecular weight excluding hydrogens is 268 g/mol. The summed E-state index contributed by atoms with van der Waals surface area (Å²) in [4.78, 5) is 10.9. The highest BCUT2D eigenvalue weighted by atomic mass is 16.5. The molecule has 1 aliphatic heterocycles. The molecule has 1 aliphatic rings. The highest BCUT2D eigenvalue weighted by molar-refractivity contribution is 5.74. The van der Waals surface area contributed by atoms with E-state index in [1.807, 2.05) is 19.9 Å². The van der Waals surface area contributed by atoms with Crippen LogP contribution in [0.4, 0.5) is 0 Å². The van der Waals surface area contributed by atoms with Crippen LogP contribution in [-0.2, 0) is 17.8 Å². The molecule has 2 rings (SSSR count). The predicted molar refractivity (Wildman–Crippen MR) is 81.5 cm³/mol. The lowest BCUT2D eigenvalue weighted by Gasteiger charge is -2.16. The first-order valence-corrected chi connectivity index (χ1v) is 7.46. The van der Waals surface area contributed by atoms with Crippen LogP contribution in [0.2, 0.25) is 0 Å². The van der Waals surface area contributed by atoms with Crippen LogP contribution in [-0.4, -0.2) is 24.7 Å². The van der Waals surface area contributed by atoms with Gasteiger partial charge in [0.2, 0.25) is 5.91 Å². The molecular formula is C16H24N2O3. The average molecular weight is 292 g/mol. The summed E-state index contributed by atoms with van der Waals surface area (Å²) in [5.41, 5.74) is 7.44. The van der Waals surface area contributed by atoms with Crippen molar-refractivity contribution in [3.63, 3.8) is 0 Å². The van der Waals surface area contributed by atoms with Crippen LogP contribution >= 0.6 is 0 Å². The van der Waals surface area contributed by atoms with Gasteiger partial charge in [0.05, 0.1) is 6.61 Å². The highest BCUT2D eigenvalue weighted by Gasteiger charge is 2.22. The average Bonchev–Trinajstić information content (AvgIpc) is 2.74. The van der Waals surface area contributed by atoms with E-state index in [-0.39, 0.29) is 18.1 Å². The maximum absolute atomic E-state index is 10.9. The largest absolute Gasteiger partial charge is 0.494 e. The molecule has 3 N–H and O–H groups in total. The van der Waals surface area contributed by atoms with Crippen LogP contribution < -0.4 is 20.5 Å². The van der Waals surface area contributed by atoms with Crippen molar-refractivity contribution in [3.05, 3.63) is 23.3 Å². The molecule has 2 atom stereocenters. The summed E-state index contributed by atoms with van der Waals surface area (Å²) in [6.45, 7) is 7.22. The Bertz CT molecular complexity index is 516. The SMILES string of the molecule is CCOc1cc2c(cc1CNC(C)CC(N)=O)OC(C)C2. The van der Waals surface area contributed by atoms with Crippen molar-refractivity contribution in [3.8, 4) is 11.5 Å². The topological polar surface area (TPSA) is 73.6 Å². The molecule has 2 unspecified atom stereocenters. The Morgan fingerprint density at radius 3 is 3.00 bits per heavy atom. The lowest BCUT2D eigenvalue weighted by atomic mass is 10.1. The summed E-state index contributed by atoms with van der Waals surface area (Å²) in [5.74, 6) is 1.52. The van der Waals surface area contributed by atoms with E-state index in [1.54, 1.807) is 0 Å². The third kappa shape index (κ3) is 4.11. The minimum atomic E-state index is -0.300. The molecule has 21 heavy (non-hydrogen) atoms. The van der Waals surface area contributed by atoms with Gasteiger partial charge in [-0.05, 0) is 32.9 Å². The second kappa shape index (κ2) is 6.80. The quantitative estimate of drug-likeness (QED) is 0.803. The zero-order valence-corrected chi connectivity index (χ0v) is 12.9. The van der Waals surface area contributed by atoms with Crippen molar-refractivity contribution in [1.82, 2.24) is 5.32 Å². The smallest absolute Gasteiger partial charge is 0.218 e. The van der Waals surface area contributed by atoms with Crippen LogP contribution in [0, 0.1) is 0 Å². The van der Waals surface area contributed by atoms with E-state index in [1.165, 1.54) is 5.56 Å². The molecule has 1 amide bonds. The number of carbonyl (C=O) groups excluding carboxylic acids is 1. The maximum atomic E-state index is 10.9. The second-order valence-electron chi connectivity index (χ2n) is 5.59. The Hall–Kier alpha value is -1.75. The van der Waals surface area contributed by atoms with E-state index in [4.69, 9.17) is 15.2 Å². The minimum absolute atomic E-state index is 0.0325. The number of amides is 1. The number of fused-ring (bicyclic) bond motifs is 1. The van der Waals surface area contributed by atoms with Crippen LogP contribution in [0.15, 0.2) is 12.1 Å². The van der Waals surface area contributed by atoms with Crippen LogP contribution in [0.1, 0.15) is 38.3 Å². The van der Waals surface area contributed by atoms with Crippen molar-refractivity contribution >= 4 is 5.91 Å². The number of nitrogens with two attached hydrogens (primary N) is 1. The van der Waals surface area contributed by atoms with Crippen molar-refractivity contribution in [2.24, 2.45) is 5.73 Å². The van der Waals surface area contributed by atoms with Gasteiger partial charge >= 0.3 is 0 Å². The molecule has 5 heteroatoms. The first-order valence-electron chi connectivity index (χ1n) is 7.46. The number of ether oxygens (including phenoxy) is 2. The highest BCUT2D eigenvalue weighted by Crippen LogP contribution is 2.35. The monoisotopic (exact) mass is 292 g/mol. The number of rotatable bonds is 7. The molecule has 0 radical (unpaired) electrons. The molecule has 0 saturated heterocycles. The Kier molecular flexibility index (Phi) is 5.07. The van der Waals surface area contributed by atoms with Gasteiger partial charge in [-0.15, -0.1) is 0 Å². The molecule has 116 valence electrons. The van der Waals surface area contributed by atoms with Gasteiger partial charge in [0.1, 0.15) is 17.6 Å². The molecule has 0 aliphatic carbocycles. The van der Waals surface area contributed by atoms with Crippen LogP contribution in [0.3, 0.4) is 0 Å². The van der Waals surface area contributed by atoms with E-state index in [2.05, 4.69) is 18.3 Å². The van der Waals surface area contributed by atoms with E-state index < -0.39 is 0 Å². The van der Waals surface area contributed by atoms with E-state index in [0.29, 0.717) is 19.6 Å². The Morgan fingerprint density at radius 2 is 2.33 bits per heavy atom. The Morgan fingerprint density at radius 1 is 1.57 bits per heavy atom. The van der Waals surface area contributed by atoms with E-state index in [0.717, 1.165) is 23.5 Å². The molecule has 1 aromatic carbocycles. The zero-order valence-electron chi connectivity index (χ0n) is 12.9. The predicted octanol–water partition coefficient (Wildman–Crippen LogP) is 1.76. The summed E-state index contributed by atoms with van der Waals surface area (Å²) in [6.07, 6.45) is 1.45. The van der Waals surface area contributed by atoms with Crippen molar-refractivity contribution in [2.75, 3.05) is 6.61 Å². The third-order valence-corrected chi connectivity index (χ3v) is 3.53. The fourth-order valence-corrected chi connectivity index (χ4v) is 2.57. The minimum Gasteiger partial charge on any atom is -0.494 e. The molecule has 1 heterocycles. The zero-order chi connectivity index (χ0) is 15.4. The number of hydrogen-bond acceptors (Lipinski definition) is 4. The number of hydrogen-bond donors (Lipinski definition) is 2. The first kappa shape index (κ1) is 15.6. The van der Waals surface area contributed by atoms with Crippen molar-refractivity contribution in [2.45, 2.75) is 52.3 Å². The fourth-order valence-electron chi connectivity index (χ4n) is 2.57. The van der Waals surface area contributed by atoms with Gasteiger partial charge in [-0.1, -0.05) is 0 Å². The van der Waals surface area contributed by atoms with Crippen LogP contribution in [0.25, 0.3) is 0 Å². The molecule has 0 aromatic heterocycles. The molecule has 1 aromatic rings. The van der Waals surface area contributed by atoms with E-state index in [9.17, 15) is 4.79 Å². The number of primary amides is 1. The molecule has 0 bridgehead atoms. The summed E-state index contributed by atoms with van der Waals surface area (Å²) in [7, 11) is 0. The van der Waals surface area contributed by atoms with Gasteiger partial charge in [-0.3, -0.25) is 4.79 Å². The molecule has 0 saturated carbocycles. The van der Waals surface area contributed by atoms with Crippen molar-refractivity contribution < 1.29 is 14.3 Å². The third-order valence-electron chi connectivity index (χ3n) is 3.53. The Labute approximate surface area is 125 Å². The van der Waals surface area contributed by atoms with E-state index >= 15 is 0 Å². The number of nitrogens with one attached hydrogen (secondary N) is 1. The van der Waals surface area contributed by atoms with Gasteiger partial charge in [-0.2, -0.15) is 0 Å². The standard InChI is InChI=1S/C16H24N2O3/c1-4-20-14-7-12-6-11(3)21-15(12)8-13(14)9-18-10(2)5-16(17)19/h7-8,10-11,18H,4-6,9H2,1-3H3,(H2,17,19). The lowest BCUT2D eigenvalue weighted by molar-refractivity contribution is -0.118. The Balaban J connectivity index is 2.10. The van der Waals surface area contributed by atoms with Gasteiger partial charge in [0.25, 0.3) is 0 Å². The van der Waals surface area contributed by atoms with Gasteiger partial charge in [0.15, 0.2) is 0 Å². The maximum Gasteiger partial charge on any atom is 0.218 e. The molecule has 0 spiro atoms. The fraction of sp³-hybridized carbons (Fsp3) is 0.562. The summed E-state index contributed by atoms with van der Waals surface area (Å²) >= 11 is 0. The summed E-state index contributed by atoms with van der Waals surface area (Å²) < 4.78 is 11.5.